The Morgan fingerprint density at radius 3 is 2.46 bits per heavy atom. The zero-order chi connectivity index (χ0) is 9.84. The first-order valence-electron chi connectivity index (χ1n) is 4.82. The Hall–Kier alpha value is -0.770. The predicted octanol–water partition coefficient (Wildman–Crippen LogP) is 0.711. The van der Waals surface area contributed by atoms with Crippen LogP contribution in [0.4, 0.5) is 0 Å². The number of nitrogens with zero attached hydrogens (tertiary/aromatic N) is 2. The first-order chi connectivity index (χ1) is 6.13. The molecule has 2 atom stereocenters. The molecule has 0 aliphatic carbocycles. The highest BCUT2D eigenvalue weighted by molar-refractivity contribution is 5.79. The SMILES string of the molecule is CC1CN(CCC(N)=NO)CC1C. The van der Waals surface area contributed by atoms with Crippen LogP contribution < -0.4 is 5.73 Å². The zero-order valence-electron chi connectivity index (χ0n) is 8.40. The van der Waals surface area contributed by atoms with Crippen LogP contribution in [-0.4, -0.2) is 35.6 Å². The van der Waals surface area contributed by atoms with Crippen LogP contribution >= 0.6 is 0 Å². The fourth-order valence-corrected chi connectivity index (χ4v) is 1.75. The van der Waals surface area contributed by atoms with Gasteiger partial charge in [-0.2, -0.15) is 0 Å². The van der Waals surface area contributed by atoms with Crippen LogP contribution in [0.25, 0.3) is 0 Å². The summed E-state index contributed by atoms with van der Waals surface area (Å²) in [4.78, 5) is 2.37. The van der Waals surface area contributed by atoms with E-state index >= 15 is 0 Å². The molecule has 0 bridgehead atoms. The Labute approximate surface area is 79.4 Å². The van der Waals surface area contributed by atoms with Gasteiger partial charge in [0, 0.05) is 26.1 Å². The lowest BCUT2D eigenvalue weighted by Crippen LogP contribution is -2.26. The number of hydrogen-bond acceptors (Lipinski definition) is 3. The average molecular weight is 185 g/mol. The van der Waals surface area contributed by atoms with Crippen molar-refractivity contribution in [2.75, 3.05) is 19.6 Å². The number of hydrogen-bond donors (Lipinski definition) is 2. The van der Waals surface area contributed by atoms with Gasteiger partial charge < -0.3 is 15.8 Å². The standard InChI is InChI=1S/C9H19N3O/c1-7-5-12(6-8(7)2)4-3-9(10)11-13/h7-8,13H,3-6H2,1-2H3,(H2,10,11). The third kappa shape index (κ3) is 2.88. The van der Waals surface area contributed by atoms with Crippen molar-refractivity contribution >= 4 is 5.84 Å². The minimum Gasteiger partial charge on any atom is -0.409 e. The van der Waals surface area contributed by atoms with E-state index in [1.54, 1.807) is 0 Å². The molecule has 1 aliphatic rings. The summed E-state index contributed by atoms with van der Waals surface area (Å²) in [5.74, 6) is 1.87. The third-order valence-corrected chi connectivity index (χ3v) is 2.88. The van der Waals surface area contributed by atoms with E-state index in [-0.39, 0.29) is 0 Å². The quantitative estimate of drug-likeness (QED) is 0.294. The molecule has 13 heavy (non-hydrogen) atoms. The number of rotatable bonds is 3. The van der Waals surface area contributed by atoms with Crippen LogP contribution in [0.2, 0.25) is 0 Å². The summed E-state index contributed by atoms with van der Waals surface area (Å²) in [7, 11) is 0. The Morgan fingerprint density at radius 2 is 2.00 bits per heavy atom. The van der Waals surface area contributed by atoms with Crippen molar-refractivity contribution in [3.8, 4) is 0 Å². The first kappa shape index (κ1) is 10.3. The predicted molar refractivity (Wildman–Crippen MR) is 52.8 cm³/mol. The highest BCUT2D eigenvalue weighted by Gasteiger charge is 2.25. The molecule has 1 saturated heterocycles. The second-order valence-electron chi connectivity index (χ2n) is 4.06. The largest absolute Gasteiger partial charge is 0.409 e. The summed E-state index contributed by atoms with van der Waals surface area (Å²) in [6.07, 6.45) is 0.663. The highest BCUT2D eigenvalue weighted by Crippen LogP contribution is 2.21. The van der Waals surface area contributed by atoms with Crippen molar-refractivity contribution in [2.45, 2.75) is 20.3 Å². The first-order valence-corrected chi connectivity index (χ1v) is 4.82. The van der Waals surface area contributed by atoms with Crippen LogP contribution in [0.3, 0.4) is 0 Å². The highest BCUT2D eigenvalue weighted by atomic mass is 16.4. The molecule has 1 rings (SSSR count). The van der Waals surface area contributed by atoms with E-state index in [1.807, 2.05) is 0 Å². The molecule has 1 aliphatic heterocycles. The molecule has 76 valence electrons. The van der Waals surface area contributed by atoms with Gasteiger partial charge >= 0.3 is 0 Å². The van der Waals surface area contributed by atoms with Crippen molar-refractivity contribution in [3.05, 3.63) is 0 Å². The topological polar surface area (TPSA) is 61.8 Å². The van der Waals surface area contributed by atoms with Gasteiger partial charge in [0.05, 0.1) is 0 Å². The Morgan fingerprint density at radius 1 is 1.46 bits per heavy atom. The minimum absolute atomic E-state index is 0.326. The second-order valence-corrected chi connectivity index (χ2v) is 4.06. The molecule has 2 unspecified atom stereocenters. The Balaban J connectivity index is 2.24. The molecule has 1 heterocycles. The van der Waals surface area contributed by atoms with E-state index in [2.05, 4.69) is 23.9 Å². The summed E-state index contributed by atoms with van der Waals surface area (Å²) >= 11 is 0. The van der Waals surface area contributed by atoms with Crippen molar-refractivity contribution in [2.24, 2.45) is 22.7 Å². The van der Waals surface area contributed by atoms with Gasteiger partial charge in [-0.1, -0.05) is 19.0 Å². The maximum Gasteiger partial charge on any atom is 0.140 e. The summed E-state index contributed by atoms with van der Waals surface area (Å²) in [5.41, 5.74) is 5.39. The van der Waals surface area contributed by atoms with E-state index in [9.17, 15) is 0 Å². The normalized spacial score (nSPS) is 31.1. The monoisotopic (exact) mass is 185 g/mol. The van der Waals surface area contributed by atoms with Gasteiger partial charge in [0.2, 0.25) is 0 Å². The van der Waals surface area contributed by atoms with Crippen molar-refractivity contribution < 1.29 is 5.21 Å². The van der Waals surface area contributed by atoms with E-state index < -0.39 is 0 Å². The maximum atomic E-state index is 8.36. The van der Waals surface area contributed by atoms with Gasteiger partial charge in [-0.15, -0.1) is 0 Å². The lowest BCUT2D eigenvalue weighted by molar-refractivity contribution is 0.309. The van der Waals surface area contributed by atoms with E-state index in [1.165, 1.54) is 0 Å². The molecule has 0 spiro atoms. The smallest absolute Gasteiger partial charge is 0.140 e. The number of amidine groups is 1. The fourth-order valence-electron chi connectivity index (χ4n) is 1.75. The van der Waals surface area contributed by atoms with Crippen molar-refractivity contribution in [1.82, 2.24) is 4.90 Å². The number of nitrogens with two attached hydrogens (primary N) is 1. The van der Waals surface area contributed by atoms with E-state index in [0.717, 1.165) is 31.5 Å². The van der Waals surface area contributed by atoms with Crippen LogP contribution in [-0.2, 0) is 0 Å². The van der Waals surface area contributed by atoms with E-state index in [4.69, 9.17) is 10.9 Å². The van der Waals surface area contributed by atoms with Gasteiger partial charge in [-0.05, 0) is 11.8 Å². The zero-order valence-corrected chi connectivity index (χ0v) is 8.40. The van der Waals surface area contributed by atoms with Gasteiger partial charge in [-0.3, -0.25) is 0 Å². The molecule has 0 aromatic rings. The molecule has 0 saturated carbocycles. The van der Waals surface area contributed by atoms with Crippen molar-refractivity contribution in [3.63, 3.8) is 0 Å². The Bertz CT molecular complexity index is 183. The maximum absolute atomic E-state index is 8.36. The molecular formula is C9H19N3O. The number of oxime groups is 1. The van der Waals surface area contributed by atoms with Gasteiger partial charge in [0.1, 0.15) is 5.84 Å². The van der Waals surface area contributed by atoms with E-state index in [0.29, 0.717) is 12.3 Å². The molecule has 0 amide bonds. The molecule has 4 nitrogen and oxygen atoms in total. The molecule has 0 aromatic heterocycles. The fraction of sp³-hybridized carbons (Fsp3) is 0.889. The minimum atomic E-state index is 0.326. The average Bonchev–Trinajstić information content (AvgIpc) is 2.42. The van der Waals surface area contributed by atoms with Gasteiger partial charge in [0.25, 0.3) is 0 Å². The molecule has 3 N–H and O–H groups in total. The molecule has 1 fully saturated rings. The summed E-state index contributed by atoms with van der Waals surface area (Å²) in [6.45, 7) is 7.73. The van der Waals surface area contributed by atoms with Gasteiger partial charge in [0.15, 0.2) is 0 Å². The molecular weight excluding hydrogens is 166 g/mol. The van der Waals surface area contributed by atoms with Gasteiger partial charge in [-0.25, -0.2) is 0 Å². The van der Waals surface area contributed by atoms with Crippen molar-refractivity contribution in [1.29, 1.82) is 0 Å². The molecule has 0 aromatic carbocycles. The summed E-state index contributed by atoms with van der Waals surface area (Å²) < 4.78 is 0. The summed E-state index contributed by atoms with van der Waals surface area (Å²) in [6, 6.07) is 0. The number of likely N-dealkylation sites (tertiary alicyclic amines) is 1. The third-order valence-electron chi connectivity index (χ3n) is 2.88. The van der Waals surface area contributed by atoms with Crippen LogP contribution in [0.5, 0.6) is 0 Å². The lowest BCUT2D eigenvalue weighted by Gasteiger charge is -2.13. The van der Waals surface area contributed by atoms with Crippen LogP contribution in [0.1, 0.15) is 20.3 Å². The lowest BCUT2D eigenvalue weighted by atomic mass is 10.0. The van der Waals surface area contributed by atoms with Crippen LogP contribution in [0.15, 0.2) is 5.16 Å². The van der Waals surface area contributed by atoms with Crippen LogP contribution in [0, 0.1) is 11.8 Å². The summed E-state index contributed by atoms with van der Waals surface area (Å²) in [5, 5.41) is 11.3. The molecule has 4 heteroatoms. The second kappa shape index (κ2) is 4.46. The Kier molecular flexibility index (Phi) is 3.54. The molecule has 0 radical (unpaired) electrons.